The van der Waals surface area contributed by atoms with Crippen LogP contribution in [0.25, 0.3) is 6.08 Å². The van der Waals surface area contributed by atoms with E-state index in [0.717, 1.165) is 49.0 Å². The van der Waals surface area contributed by atoms with Crippen molar-refractivity contribution in [3.8, 4) is 17.2 Å². The highest BCUT2D eigenvalue weighted by molar-refractivity contribution is 5.66. The lowest BCUT2D eigenvalue weighted by Gasteiger charge is -2.33. The van der Waals surface area contributed by atoms with E-state index in [0.29, 0.717) is 12.6 Å². The fraction of sp³-hybridized carbons (Fsp3) is 0.417. The summed E-state index contributed by atoms with van der Waals surface area (Å²) in [6.45, 7) is 4.65. The van der Waals surface area contributed by atoms with Crippen LogP contribution in [0.5, 0.6) is 17.2 Å². The van der Waals surface area contributed by atoms with Crippen molar-refractivity contribution >= 4 is 6.08 Å². The van der Waals surface area contributed by atoms with Gasteiger partial charge >= 0.3 is 0 Å². The first-order valence-corrected chi connectivity index (χ1v) is 10.3. The van der Waals surface area contributed by atoms with Gasteiger partial charge < -0.3 is 19.5 Å². The topological polar surface area (TPSA) is 43.0 Å². The lowest BCUT2D eigenvalue weighted by atomic mass is 10.0. The zero-order valence-electron chi connectivity index (χ0n) is 17.3. The molecule has 1 atom stereocenters. The monoisotopic (exact) mass is 394 g/mol. The van der Waals surface area contributed by atoms with Gasteiger partial charge in [0, 0.05) is 31.2 Å². The van der Waals surface area contributed by atoms with Gasteiger partial charge in [0.2, 0.25) is 0 Å². The van der Waals surface area contributed by atoms with Gasteiger partial charge in [0.1, 0.15) is 12.4 Å². The fourth-order valence-electron chi connectivity index (χ4n) is 4.16. The maximum absolute atomic E-state index is 5.96. The Hall–Kier alpha value is -2.50. The summed E-state index contributed by atoms with van der Waals surface area (Å²) in [6.07, 6.45) is 4.66. The van der Waals surface area contributed by atoms with E-state index in [1.54, 1.807) is 14.2 Å². The van der Waals surface area contributed by atoms with Gasteiger partial charge in [0.25, 0.3) is 0 Å². The molecule has 0 aromatic heterocycles. The molecule has 2 heterocycles. The SMILES string of the molecule is COc1cccc(CN2CCCC(NCC3=Cc4cccc(OC)c4OC3)C2)c1. The van der Waals surface area contributed by atoms with Crippen LogP contribution in [0.1, 0.15) is 24.0 Å². The molecule has 4 rings (SSSR count). The van der Waals surface area contributed by atoms with Gasteiger partial charge in [0.15, 0.2) is 11.5 Å². The first-order valence-electron chi connectivity index (χ1n) is 10.3. The van der Waals surface area contributed by atoms with Crippen molar-refractivity contribution in [2.45, 2.75) is 25.4 Å². The summed E-state index contributed by atoms with van der Waals surface area (Å²) in [7, 11) is 3.40. The minimum absolute atomic E-state index is 0.502. The molecule has 29 heavy (non-hydrogen) atoms. The smallest absolute Gasteiger partial charge is 0.168 e. The molecule has 0 saturated carbocycles. The lowest BCUT2D eigenvalue weighted by Crippen LogP contribution is -2.46. The van der Waals surface area contributed by atoms with Crippen molar-refractivity contribution in [2.24, 2.45) is 0 Å². The Morgan fingerprint density at radius 2 is 2.03 bits per heavy atom. The second-order valence-corrected chi connectivity index (χ2v) is 7.78. The van der Waals surface area contributed by atoms with Crippen LogP contribution >= 0.6 is 0 Å². The van der Waals surface area contributed by atoms with Gasteiger partial charge in [-0.2, -0.15) is 0 Å². The van der Waals surface area contributed by atoms with Crippen LogP contribution in [-0.2, 0) is 6.54 Å². The number of nitrogens with one attached hydrogen (secondary N) is 1. The zero-order valence-corrected chi connectivity index (χ0v) is 17.3. The van der Waals surface area contributed by atoms with E-state index in [-0.39, 0.29) is 0 Å². The average Bonchev–Trinajstić information content (AvgIpc) is 2.77. The summed E-state index contributed by atoms with van der Waals surface area (Å²) in [5.74, 6) is 2.57. The van der Waals surface area contributed by atoms with Crippen LogP contribution in [-0.4, -0.2) is 51.4 Å². The predicted molar refractivity (Wildman–Crippen MR) is 116 cm³/mol. The fourth-order valence-corrected chi connectivity index (χ4v) is 4.16. The molecule has 154 valence electrons. The van der Waals surface area contributed by atoms with E-state index < -0.39 is 0 Å². The summed E-state index contributed by atoms with van der Waals surface area (Å²) < 4.78 is 16.7. The minimum Gasteiger partial charge on any atom is -0.497 e. The van der Waals surface area contributed by atoms with Crippen molar-refractivity contribution in [3.05, 3.63) is 59.2 Å². The van der Waals surface area contributed by atoms with Crippen molar-refractivity contribution in [2.75, 3.05) is 40.5 Å². The molecule has 0 radical (unpaired) electrons. The van der Waals surface area contributed by atoms with E-state index >= 15 is 0 Å². The van der Waals surface area contributed by atoms with E-state index in [1.165, 1.54) is 24.0 Å². The van der Waals surface area contributed by atoms with Gasteiger partial charge in [-0.25, -0.2) is 0 Å². The summed E-state index contributed by atoms with van der Waals surface area (Å²) >= 11 is 0. The molecule has 0 amide bonds. The molecule has 2 aliphatic rings. The van der Waals surface area contributed by atoms with Crippen LogP contribution in [0, 0.1) is 0 Å². The summed E-state index contributed by atoms with van der Waals surface area (Å²) in [4.78, 5) is 2.53. The first-order chi connectivity index (χ1) is 14.2. The lowest BCUT2D eigenvalue weighted by molar-refractivity contribution is 0.184. The number of hydrogen-bond donors (Lipinski definition) is 1. The van der Waals surface area contributed by atoms with Crippen LogP contribution in [0.3, 0.4) is 0 Å². The molecule has 0 bridgehead atoms. The van der Waals surface area contributed by atoms with Crippen molar-refractivity contribution < 1.29 is 14.2 Å². The molecule has 1 unspecified atom stereocenters. The minimum atomic E-state index is 0.502. The van der Waals surface area contributed by atoms with E-state index in [9.17, 15) is 0 Å². The Kier molecular flexibility index (Phi) is 6.37. The van der Waals surface area contributed by atoms with E-state index in [2.05, 4.69) is 40.6 Å². The largest absolute Gasteiger partial charge is 0.497 e. The average molecular weight is 395 g/mol. The van der Waals surface area contributed by atoms with E-state index in [4.69, 9.17) is 14.2 Å². The van der Waals surface area contributed by atoms with Gasteiger partial charge in [-0.3, -0.25) is 4.90 Å². The van der Waals surface area contributed by atoms with Crippen LogP contribution in [0.4, 0.5) is 0 Å². The number of rotatable bonds is 7. The Bertz CT molecular complexity index is 865. The van der Waals surface area contributed by atoms with E-state index in [1.807, 2.05) is 18.2 Å². The molecular weight excluding hydrogens is 364 g/mol. The molecule has 2 aliphatic heterocycles. The number of fused-ring (bicyclic) bond motifs is 1. The molecule has 2 aromatic rings. The second-order valence-electron chi connectivity index (χ2n) is 7.78. The predicted octanol–water partition coefficient (Wildman–Crippen LogP) is 3.73. The Morgan fingerprint density at radius 1 is 1.14 bits per heavy atom. The molecule has 1 fully saturated rings. The Balaban J connectivity index is 1.32. The molecular formula is C24H30N2O3. The van der Waals surface area contributed by atoms with Crippen molar-refractivity contribution in [3.63, 3.8) is 0 Å². The van der Waals surface area contributed by atoms with Crippen molar-refractivity contribution in [1.82, 2.24) is 10.2 Å². The number of piperidine rings is 1. The molecule has 5 nitrogen and oxygen atoms in total. The van der Waals surface area contributed by atoms with Crippen molar-refractivity contribution in [1.29, 1.82) is 0 Å². The molecule has 0 spiro atoms. The number of nitrogens with zero attached hydrogens (tertiary/aromatic N) is 1. The van der Waals surface area contributed by atoms with Gasteiger partial charge in [-0.05, 0) is 54.8 Å². The number of para-hydroxylation sites is 1. The normalized spacial score (nSPS) is 19.1. The summed E-state index contributed by atoms with van der Waals surface area (Å²) in [5.41, 5.74) is 3.67. The number of ether oxygens (including phenoxy) is 3. The molecule has 2 aromatic carbocycles. The summed E-state index contributed by atoms with van der Waals surface area (Å²) in [5, 5.41) is 3.74. The molecule has 1 N–H and O–H groups in total. The Morgan fingerprint density at radius 3 is 2.90 bits per heavy atom. The highest BCUT2D eigenvalue weighted by Gasteiger charge is 2.21. The zero-order chi connectivity index (χ0) is 20.1. The number of hydrogen-bond acceptors (Lipinski definition) is 5. The quantitative estimate of drug-likeness (QED) is 0.775. The summed E-state index contributed by atoms with van der Waals surface area (Å²) in [6, 6.07) is 14.9. The molecule has 0 aliphatic carbocycles. The van der Waals surface area contributed by atoms with Gasteiger partial charge in [-0.1, -0.05) is 24.3 Å². The van der Waals surface area contributed by atoms with Gasteiger partial charge in [-0.15, -0.1) is 0 Å². The second kappa shape index (κ2) is 9.33. The standard InChI is InChI=1S/C24H30N2O3/c1-27-22-9-3-6-18(13-22)15-26-11-5-8-21(16-26)25-14-19-12-20-7-4-10-23(28-2)24(20)29-17-19/h3-4,6-7,9-10,12-13,21,25H,5,8,11,14-17H2,1-2H3. The highest BCUT2D eigenvalue weighted by atomic mass is 16.5. The molecule has 1 saturated heterocycles. The van der Waals surface area contributed by atoms with Crippen LogP contribution in [0.15, 0.2) is 48.0 Å². The maximum atomic E-state index is 5.96. The van der Waals surface area contributed by atoms with Crippen LogP contribution < -0.4 is 19.5 Å². The first kappa shape index (κ1) is 19.8. The third-order valence-electron chi connectivity index (χ3n) is 5.65. The number of methoxy groups -OCH3 is 2. The maximum Gasteiger partial charge on any atom is 0.168 e. The van der Waals surface area contributed by atoms with Gasteiger partial charge in [0.05, 0.1) is 14.2 Å². The molecule has 5 heteroatoms. The third-order valence-corrected chi connectivity index (χ3v) is 5.65. The van der Waals surface area contributed by atoms with Crippen LogP contribution in [0.2, 0.25) is 0 Å². The number of likely N-dealkylation sites (tertiary alicyclic amines) is 1. The Labute approximate surface area is 173 Å². The highest BCUT2D eigenvalue weighted by Crippen LogP contribution is 2.35. The number of benzene rings is 2. The third kappa shape index (κ3) is 4.92.